The van der Waals surface area contributed by atoms with Crippen molar-refractivity contribution in [2.75, 3.05) is 5.32 Å². The first kappa shape index (κ1) is 20.3. The van der Waals surface area contributed by atoms with Crippen molar-refractivity contribution >= 4 is 81.3 Å². The smallest absolute Gasteiger partial charge is 0.0597 e. The quantitative estimate of drug-likeness (QED) is 0.256. The average Bonchev–Trinajstić information content (AvgIpc) is 3.32. The van der Waals surface area contributed by atoms with Crippen LogP contribution in [0.15, 0.2) is 109 Å². The Morgan fingerprint density at radius 3 is 1.94 bits per heavy atom. The molecular weight excluding hydrogens is 442 g/mol. The number of fused-ring (bicyclic) bond motifs is 10. The van der Waals surface area contributed by atoms with Crippen LogP contribution < -0.4 is 5.32 Å². The maximum Gasteiger partial charge on any atom is 0.0597 e. The van der Waals surface area contributed by atoms with Crippen molar-refractivity contribution in [1.82, 2.24) is 0 Å². The van der Waals surface area contributed by atoms with Crippen LogP contribution in [0.4, 0.5) is 11.4 Å². The summed E-state index contributed by atoms with van der Waals surface area (Å²) >= 11 is 1.90. The van der Waals surface area contributed by atoms with E-state index in [0.717, 1.165) is 11.4 Å². The fraction of sp³-hybridized carbons (Fsp3) is 0.0303. The molecule has 0 saturated carbocycles. The molecule has 6 aromatic carbocycles. The molecular formula is C33H23NS. The molecule has 0 atom stereocenters. The summed E-state index contributed by atoms with van der Waals surface area (Å²) in [7, 11) is 0. The van der Waals surface area contributed by atoms with Gasteiger partial charge in [-0.2, -0.15) is 0 Å². The van der Waals surface area contributed by atoms with Gasteiger partial charge in [-0.05, 0) is 57.6 Å². The van der Waals surface area contributed by atoms with E-state index in [1.165, 1.54) is 58.1 Å². The van der Waals surface area contributed by atoms with E-state index in [2.05, 4.69) is 121 Å². The molecule has 1 aromatic heterocycles. The Labute approximate surface area is 207 Å². The first-order chi connectivity index (χ1) is 17.3. The second-order valence-corrected chi connectivity index (χ2v) is 10.0. The van der Waals surface area contributed by atoms with Crippen molar-refractivity contribution < 1.29 is 0 Å². The van der Waals surface area contributed by atoms with Gasteiger partial charge in [0.05, 0.1) is 10.4 Å². The monoisotopic (exact) mass is 465 g/mol. The number of allylic oxidation sites excluding steroid dienone is 1. The Balaban J connectivity index is 1.61. The number of nitrogens with one attached hydrogen (secondary N) is 1. The molecule has 0 spiro atoms. The van der Waals surface area contributed by atoms with E-state index in [1.54, 1.807) is 0 Å². The summed E-state index contributed by atoms with van der Waals surface area (Å²) in [4.78, 5) is 0. The van der Waals surface area contributed by atoms with Gasteiger partial charge in [0.2, 0.25) is 0 Å². The van der Waals surface area contributed by atoms with Gasteiger partial charge >= 0.3 is 0 Å². The van der Waals surface area contributed by atoms with Crippen molar-refractivity contribution in [2.24, 2.45) is 0 Å². The zero-order chi connectivity index (χ0) is 23.4. The van der Waals surface area contributed by atoms with Crippen LogP contribution >= 0.6 is 11.3 Å². The van der Waals surface area contributed by atoms with Gasteiger partial charge in [0, 0.05) is 26.5 Å². The first-order valence-corrected chi connectivity index (χ1v) is 12.8. The molecule has 0 saturated heterocycles. The van der Waals surface area contributed by atoms with Crippen LogP contribution in [0.3, 0.4) is 0 Å². The second kappa shape index (κ2) is 7.97. The highest BCUT2D eigenvalue weighted by Gasteiger charge is 2.18. The Kier molecular flexibility index (Phi) is 4.61. The number of anilines is 2. The van der Waals surface area contributed by atoms with E-state index in [-0.39, 0.29) is 0 Å². The predicted molar refractivity (Wildman–Crippen MR) is 156 cm³/mol. The van der Waals surface area contributed by atoms with Crippen molar-refractivity contribution in [3.8, 4) is 0 Å². The van der Waals surface area contributed by atoms with E-state index in [0.29, 0.717) is 0 Å². The Morgan fingerprint density at radius 2 is 1.20 bits per heavy atom. The fourth-order valence-electron chi connectivity index (χ4n) is 5.37. The minimum atomic E-state index is 1.10. The van der Waals surface area contributed by atoms with E-state index in [9.17, 15) is 0 Å². The summed E-state index contributed by atoms with van der Waals surface area (Å²) in [6.07, 6.45) is 4.20. The summed E-state index contributed by atoms with van der Waals surface area (Å²) in [5.74, 6) is 0. The maximum atomic E-state index is 3.75. The molecule has 1 heterocycles. The van der Waals surface area contributed by atoms with Crippen molar-refractivity contribution in [2.45, 2.75) is 6.92 Å². The lowest BCUT2D eigenvalue weighted by Crippen LogP contribution is -1.91. The maximum absolute atomic E-state index is 3.75. The predicted octanol–water partition coefficient (Wildman–Crippen LogP) is 10.3. The van der Waals surface area contributed by atoms with Crippen molar-refractivity contribution in [3.05, 3.63) is 115 Å². The second-order valence-electron chi connectivity index (χ2n) is 8.99. The number of hydrogen-bond donors (Lipinski definition) is 1. The van der Waals surface area contributed by atoms with Gasteiger partial charge in [-0.3, -0.25) is 0 Å². The Hall–Kier alpha value is -4.14. The van der Waals surface area contributed by atoms with Gasteiger partial charge in [0.1, 0.15) is 0 Å². The normalized spacial score (nSPS) is 12.0. The van der Waals surface area contributed by atoms with Crippen LogP contribution in [0.25, 0.3) is 58.6 Å². The van der Waals surface area contributed by atoms with Crippen LogP contribution in [-0.4, -0.2) is 0 Å². The van der Waals surface area contributed by atoms with Gasteiger partial charge in [0.15, 0.2) is 0 Å². The minimum Gasteiger partial charge on any atom is -0.354 e. The first-order valence-electron chi connectivity index (χ1n) is 12.0. The SMILES string of the molecule is C/C=C/c1ccc(Nc2cc3ccccc3c3c2sc2c4ccccc4c4ccccc4c23)cc1. The highest BCUT2D eigenvalue weighted by atomic mass is 32.1. The zero-order valence-corrected chi connectivity index (χ0v) is 20.2. The van der Waals surface area contributed by atoms with Gasteiger partial charge < -0.3 is 5.32 Å². The lowest BCUT2D eigenvalue weighted by Gasteiger charge is -2.11. The third-order valence-electron chi connectivity index (χ3n) is 6.89. The third kappa shape index (κ3) is 3.14. The lowest BCUT2D eigenvalue weighted by molar-refractivity contribution is 1.57. The molecule has 0 aliphatic rings. The van der Waals surface area contributed by atoms with Gasteiger partial charge in [-0.1, -0.05) is 97.1 Å². The summed E-state index contributed by atoms with van der Waals surface area (Å²) in [6.45, 7) is 2.05. The van der Waals surface area contributed by atoms with Crippen LogP contribution in [0, 0.1) is 0 Å². The largest absolute Gasteiger partial charge is 0.354 e. The molecule has 0 radical (unpaired) electrons. The van der Waals surface area contributed by atoms with Crippen molar-refractivity contribution in [1.29, 1.82) is 0 Å². The third-order valence-corrected chi connectivity index (χ3v) is 8.15. The van der Waals surface area contributed by atoms with Crippen LogP contribution in [-0.2, 0) is 0 Å². The van der Waals surface area contributed by atoms with E-state index < -0.39 is 0 Å². The molecule has 0 fully saturated rings. The molecule has 166 valence electrons. The zero-order valence-electron chi connectivity index (χ0n) is 19.4. The number of rotatable bonds is 3. The number of hydrogen-bond acceptors (Lipinski definition) is 2. The molecule has 1 N–H and O–H groups in total. The Morgan fingerprint density at radius 1 is 0.600 bits per heavy atom. The van der Waals surface area contributed by atoms with Crippen LogP contribution in [0.1, 0.15) is 12.5 Å². The van der Waals surface area contributed by atoms with Crippen LogP contribution in [0.5, 0.6) is 0 Å². The molecule has 7 rings (SSSR count). The fourth-order valence-corrected chi connectivity index (χ4v) is 6.71. The molecule has 0 aliphatic carbocycles. The van der Waals surface area contributed by atoms with Crippen molar-refractivity contribution in [3.63, 3.8) is 0 Å². The van der Waals surface area contributed by atoms with E-state index >= 15 is 0 Å². The number of thiophene rings is 1. The summed E-state index contributed by atoms with van der Waals surface area (Å²) in [5.41, 5.74) is 3.47. The molecule has 2 heteroatoms. The average molecular weight is 466 g/mol. The number of benzene rings is 6. The molecule has 0 unspecified atom stereocenters. The molecule has 7 aromatic rings. The molecule has 35 heavy (non-hydrogen) atoms. The highest BCUT2D eigenvalue weighted by molar-refractivity contribution is 7.27. The topological polar surface area (TPSA) is 12.0 Å². The minimum absolute atomic E-state index is 1.10. The molecule has 0 aliphatic heterocycles. The Bertz CT molecular complexity index is 1920. The van der Waals surface area contributed by atoms with E-state index in [4.69, 9.17) is 0 Å². The highest BCUT2D eigenvalue weighted by Crippen LogP contribution is 2.48. The molecule has 1 nitrogen and oxygen atoms in total. The molecule has 0 amide bonds. The van der Waals surface area contributed by atoms with Crippen LogP contribution in [0.2, 0.25) is 0 Å². The van der Waals surface area contributed by atoms with Gasteiger partial charge in [-0.25, -0.2) is 0 Å². The summed E-state index contributed by atoms with van der Waals surface area (Å²) < 4.78 is 2.66. The van der Waals surface area contributed by atoms with Gasteiger partial charge in [-0.15, -0.1) is 11.3 Å². The standard InChI is InChI=1S/C33H23NS/c1-2-9-21-16-18-23(19-17-21)34-29-20-22-10-3-4-11-24(22)30-31-27-14-7-5-12-25(27)26-13-6-8-15-28(26)32(31)35-33(29)30/h2-20,34H,1H3/b9-2+. The van der Waals surface area contributed by atoms with Gasteiger partial charge in [0.25, 0.3) is 0 Å². The summed E-state index contributed by atoms with van der Waals surface area (Å²) in [5, 5.41) is 14.3. The molecule has 0 bridgehead atoms. The van der Waals surface area contributed by atoms with E-state index in [1.807, 2.05) is 18.3 Å². The summed E-state index contributed by atoms with van der Waals surface area (Å²) in [6, 6.07) is 37.4. The lowest BCUT2D eigenvalue weighted by atomic mass is 9.95.